The summed E-state index contributed by atoms with van der Waals surface area (Å²) >= 11 is 1.73. The summed E-state index contributed by atoms with van der Waals surface area (Å²) in [6.07, 6.45) is 9.15. The fourth-order valence-corrected chi connectivity index (χ4v) is 3.03. The Balaban J connectivity index is 2.03. The zero-order chi connectivity index (χ0) is 12.8. The Bertz CT molecular complexity index is 400. The SMILES string of the molecule is NC(=O)CN1CCCCCC1C=Cc1cccs1. The molecule has 98 valence electrons. The van der Waals surface area contributed by atoms with Gasteiger partial charge in [0, 0.05) is 10.9 Å². The van der Waals surface area contributed by atoms with Crippen LogP contribution in [-0.2, 0) is 4.79 Å². The fraction of sp³-hybridized carbons (Fsp3) is 0.500. The molecule has 0 aliphatic carbocycles. The third-order valence-electron chi connectivity index (χ3n) is 3.30. The summed E-state index contributed by atoms with van der Waals surface area (Å²) in [5, 5.41) is 2.08. The highest BCUT2D eigenvalue weighted by molar-refractivity contribution is 7.10. The number of primary amides is 1. The highest BCUT2D eigenvalue weighted by Crippen LogP contribution is 2.19. The highest BCUT2D eigenvalue weighted by atomic mass is 32.1. The van der Waals surface area contributed by atoms with Crippen LogP contribution in [0, 0.1) is 0 Å². The monoisotopic (exact) mass is 264 g/mol. The second-order valence-electron chi connectivity index (χ2n) is 4.73. The summed E-state index contributed by atoms with van der Waals surface area (Å²) in [4.78, 5) is 14.6. The van der Waals surface area contributed by atoms with E-state index >= 15 is 0 Å². The zero-order valence-electron chi connectivity index (χ0n) is 10.5. The predicted octanol–water partition coefficient (Wildman–Crippen LogP) is 2.49. The minimum atomic E-state index is -0.230. The van der Waals surface area contributed by atoms with Crippen molar-refractivity contribution in [3.8, 4) is 0 Å². The molecule has 1 aromatic rings. The van der Waals surface area contributed by atoms with E-state index in [1.54, 1.807) is 11.3 Å². The molecule has 0 bridgehead atoms. The summed E-state index contributed by atoms with van der Waals surface area (Å²) in [7, 11) is 0. The molecule has 0 saturated carbocycles. The van der Waals surface area contributed by atoms with Crippen molar-refractivity contribution < 1.29 is 4.79 Å². The van der Waals surface area contributed by atoms with Gasteiger partial charge in [-0.2, -0.15) is 0 Å². The van der Waals surface area contributed by atoms with Crippen LogP contribution in [0.5, 0.6) is 0 Å². The van der Waals surface area contributed by atoms with E-state index in [0.29, 0.717) is 12.6 Å². The lowest BCUT2D eigenvalue weighted by Gasteiger charge is -2.26. The largest absolute Gasteiger partial charge is 0.369 e. The van der Waals surface area contributed by atoms with Crippen molar-refractivity contribution in [3.63, 3.8) is 0 Å². The molecule has 18 heavy (non-hydrogen) atoms. The lowest BCUT2D eigenvalue weighted by atomic mass is 10.1. The van der Waals surface area contributed by atoms with Crippen molar-refractivity contribution in [1.82, 2.24) is 4.90 Å². The Morgan fingerprint density at radius 1 is 1.50 bits per heavy atom. The molecule has 1 amide bonds. The lowest BCUT2D eigenvalue weighted by molar-refractivity contribution is -0.119. The summed E-state index contributed by atoms with van der Waals surface area (Å²) < 4.78 is 0. The van der Waals surface area contributed by atoms with Gasteiger partial charge in [0.25, 0.3) is 0 Å². The van der Waals surface area contributed by atoms with Gasteiger partial charge in [-0.05, 0) is 36.9 Å². The fourth-order valence-electron chi connectivity index (χ4n) is 2.40. The van der Waals surface area contributed by atoms with E-state index in [0.717, 1.165) is 19.4 Å². The van der Waals surface area contributed by atoms with Gasteiger partial charge in [0.15, 0.2) is 0 Å². The Hall–Kier alpha value is -1.13. The molecule has 2 rings (SSSR count). The van der Waals surface area contributed by atoms with Crippen molar-refractivity contribution in [3.05, 3.63) is 28.5 Å². The normalized spacial score (nSPS) is 22.1. The van der Waals surface area contributed by atoms with Crippen LogP contribution in [0.3, 0.4) is 0 Å². The number of nitrogens with zero attached hydrogens (tertiary/aromatic N) is 1. The van der Waals surface area contributed by atoms with Crippen LogP contribution in [0.4, 0.5) is 0 Å². The summed E-state index contributed by atoms with van der Waals surface area (Å²) in [5.74, 6) is -0.230. The predicted molar refractivity (Wildman–Crippen MR) is 76.4 cm³/mol. The number of hydrogen-bond donors (Lipinski definition) is 1. The third-order valence-corrected chi connectivity index (χ3v) is 4.14. The molecule has 1 fully saturated rings. The molecule has 1 aliphatic heterocycles. The van der Waals surface area contributed by atoms with Gasteiger partial charge in [-0.15, -0.1) is 11.3 Å². The number of likely N-dealkylation sites (tertiary alicyclic amines) is 1. The molecule has 0 spiro atoms. The Morgan fingerprint density at radius 3 is 3.11 bits per heavy atom. The maximum atomic E-state index is 11.1. The topological polar surface area (TPSA) is 46.3 Å². The molecule has 1 aliphatic rings. The van der Waals surface area contributed by atoms with Gasteiger partial charge >= 0.3 is 0 Å². The standard InChI is InChI=1S/C14H20N2OS/c15-14(17)11-16-9-3-1-2-5-12(16)7-8-13-6-4-10-18-13/h4,6-8,10,12H,1-3,5,9,11H2,(H2,15,17). The zero-order valence-corrected chi connectivity index (χ0v) is 11.4. The number of nitrogens with two attached hydrogens (primary N) is 1. The average Bonchev–Trinajstić information content (AvgIpc) is 2.75. The number of carbonyl (C=O) groups is 1. The maximum Gasteiger partial charge on any atom is 0.231 e. The second kappa shape index (κ2) is 6.71. The molecular formula is C14H20N2OS. The van der Waals surface area contributed by atoms with E-state index in [1.165, 1.54) is 17.7 Å². The first-order valence-corrected chi connectivity index (χ1v) is 7.38. The van der Waals surface area contributed by atoms with E-state index in [-0.39, 0.29) is 5.91 Å². The van der Waals surface area contributed by atoms with E-state index in [2.05, 4.69) is 34.6 Å². The molecule has 1 saturated heterocycles. The molecule has 0 aromatic carbocycles. The number of amides is 1. The van der Waals surface area contributed by atoms with Gasteiger partial charge in [-0.3, -0.25) is 9.69 Å². The van der Waals surface area contributed by atoms with Crippen LogP contribution in [0.25, 0.3) is 6.08 Å². The van der Waals surface area contributed by atoms with Crippen molar-refractivity contribution in [2.24, 2.45) is 5.73 Å². The highest BCUT2D eigenvalue weighted by Gasteiger charge is 2.19. The van der Waals surface area contributed by atoms with Crippen molar-refractivity contribution in [1.29, 1.82) is 0 Å². The van der Waals surface area contributed by atoms with Gasteiger partial charge < -0.3 is 5.73 Å². The van der Waals surface area contributed by atoms with Gasteiger partial charge in [0.2, 0.25) is 5.91 Å². The van der Waals surface area contributed by atoms with Crippen LogP contribution in [-0.4, -0.2) is 29.9 Å². The molecule has 1 aromatic heterocycles. The lowest BCUT2D eigenvalue weighted by Crippen LogP contribution is -2.40. The van der Waals surface area contributed by atoms with Gasteiger partial charge in [-0.25, -0.2) is 0 Å². The number of thiophene rings is 1. The Morgan fingerprint density at radius 2 is 2.39 bits per heavy atom. The summed E-state index contributed by atoms with van der Waals surface area (Å²) in [6, 6.07) is 4.51. The Kier molecular flexibility index (Phi) is 4.96. The number of carbonyl (C=O) groups excluding carboxylic acids is 1. The number of rotatable bonds is 4. The van der Waals surface area contributed by atoms with Crippen LogP contribution < -0.4 is 5.73 Å². The van der Waals surface area contributed by atoms with E-state index in [9.17, 15) is 4.79 Å². The Labute approximate surface area is 112 Å². The minimum absolute atomic E-state index is 0.230. The van der Waals surface area contributed by atoms with Crippen molar-refractivity contribution in [2.45, 2.75) is 31.7 Å². The van der Waals surface area contributed by atoms with Gasteiger partial charge in [0.1, 0.15) is 0 Å². The van der Waals surface area contributed by atoms with Gasteiger partial charge in [0.05, 0.1) is 6.54 Å². The van der Waals surface area contributed by atoms with E-state index < -0.39 is 0 Å². The first kappa shape index (κ1) is 13.3. The molecule has 4 heteroatoms. The molecule has 3 nitrogen and oxygen atoms in total. The summed E-state index contributed by atoms with van der Waals surface area (Å²) in [5.41, 5.74) is 5.32. The molecule has 1 unspecified atom stereocenters. The molecule has 2 heterocycles. The van der Waals surface area contributed by atoms with Crippen LogP contribution in [0.15, 0.2) is 23.6 Å². The number of hydrogen-bond acceptors (Lipinski definition) is 3. The van der Waals surface area contributed by atoms with E-state index in [4.69, 9.17) is 5.73 Å². The van der Waals surface area contributed by atoms with Crippen molar-refractivity contribution >= 4 is 23.3 Å². The molecule has 0 radical (unpaired) electrons. The average molecular weight is 264 g/mol. The van der Waals surface area contributed by atoms with Crippen LogP contribution in [0.1, 0.15) is 30.6 Å². The van der Waals surface area contributed by atoms with E-state index in [1.807, 2.05) is 0 Å². The molecular weight excluding hydrogens is 244 g/mol. The molecule has 2 N–H and O–H groups in total. The summed E-state index contributed by atoms with van der Waals surface area (Å²) in [6.45, 7) is 1.35. The van der Waals surface area contributed by atoms with Crippen molar-refractivity contribution in [2.75, 3.05) is 13.1 Å². The first-order valence-electron chi connectivity index (χ1n) is 6.50. The minimum Gasteiger partial charge on any atom is -0.369 e. The third kappa shape index (κ3) is 3.96. The van der Waals surface area contributed by atoms with Crippen LogP contribution >= 0.6 is 11.3 Å². The van der Waals surface area contributed by atoms with Gasteiger partial charge in [-0.1, -0.05) is 25.0 Å². The molecule has 1 atom stereocenters. The first-order chi connectivity index (χ1) is 8.75. The quantitative estimate of drug-likeness (QED) is 0.908. The smallest absolute Gasteiger partial charge is 0.231 e. The maximum absolute atomic E-state index is 11.1. The van der Waals surface area contributed by atoms with Crippen LogP contribution in [0.2, 0.25) is 0 Å². The second-order valence-corrected chi connectivity index (χ2v) is 5.71.